The van der Waals surface area contributed by atoms with Crippen molar-refractivity contribution in [3.05, 3.63) is 47.5 Å². The SMILES string of the molecule is CCOC(=O)C1=CCC[C@@H](c2ccccc2)[C@H]1P(=O)(OC)OC. The van der Waals surface area contributed by atoms with Crippen LogP contribution in [0.2, 0.25) is 0 Å². The fraction of sp³-hybridized carbons (Fsp3) is 0.471. The van der Waals surface area contributed by atoms with Gasteiger partial charge in [0.15, 0.2) is 0 Å². The summed E-state index contributed by atoms with van der Waals surface area (Å²) >= 11 is 0. The van der Waals surface area contributed by atoms with Crippen molar-refractivity contribution in [2.45, 2.75) is 31.3 Å². The molecule has 5 nitrogen and oxygen atoms in total. The van der Waals surface area contributed by atoms with Crippen LogP contribution >= 0.6 is 7.60 Å². The molecule has 0 radical (unpaired) electrons. The predicted octanol–water partition coefficient (Wildman–Crippen LogP) is 3.91. The summed E-state index contributed by atoms with van der Waals surface area (Å²) in [4.78, 5) is 12.3. The van der Waals surface area contributed by atoms with Crippen molar-refractivity contribution in [2.75, 3.05) is 20.8 Å². The van der Waals surface area contributed by atoms with Crippen molar-refractivity contribution in [1.82, 2.24) is 0 Å². The number of esters is 1. The van der Waals surface area contributed by atoms with Gasteiger partial charge in [-0.25, -0.2) is 4.79 Å². The van der Waals surface area contributed by atoms with Gasteiger partial charge in [0, 0.05) is 25.7 Å². The van der Waals surface area contributed by atoms with Crippen LogP contribution in [0.15, 0.2) is 42.0 Å². The number of benzene rings is 1. The van der Waals surface area contributed by atoms with E-state index in [0.29, 0.717) is 5.57 Å². The number of carbonyl (C=O) groups is 1. The van der Waals surface area contributed by atoms with E-state index >= 15 is 0 Å². The maximum Gasteiger partial charge on any atom is 0.338 e. The van der Waals surface area contributed by atoms with Gasteiger partial charge in [-0.1, -0.05) is 36.4 Å². The van der Waals surface area contributed by atoms with Crippen LogP contribution < -0.4 is 0 Å². The summed E-state index contributed by atoms with van der Waals surface area (Å²) in [6.07, 6.45) is 3.29. The van der Waals surface area contributed by atoms with Crippen molar-refractivity contribution in [3.63, 3.8) is 0 Å². The quantitative estimate of drug-likeness (QED) is 0.581. The number of rotatable bonds is 6. The molecule has 23 heavy (non-hydrogen) atoms. The minimum absolute atomic E-state index is 0.119. The van der Waals surface area contributed by atoms with E-state index in [1.807, 2.05) is 30.3 Å². The first kappa shape index (κ1) is 17.9. The molecule has 0 spiro atoms. The summed E-state index contributed by atoms with van der Waals surface area (Å²) in [7, 11) is -0.779. The lowest BCUT2D eigenvalue weighted by atomic mass is 9.83. The molecule has 1 aromatic carbocycles. The molecule has 1 aromatic rings. The number of carbonyl (C=O) groups excluding carboxylic acids is 1. The van der Waals surface area contributed by atoms with Crippen LogP contribution in [-0.4, -0.2) is 32.5 Å². The van der Waals surface area contributed by atoms with E-state index in [-0.39, 0.29) is 12.5 Å². The Kier molecular flexibility index (Phi) is 6.17. The van der Waals surface area contributed by atoms with Gasteiger partial charge in [0.2, 0.25) is 0 Å². The van der Waals surface area contributed by atoms with Crippen molar-refractivity contribution >= 4 is 13.6 Å². The largest absolute Gasteiger partial charge is 0.463 e. The molecule has 0 saturated carbocycles. The molecule has 0 unspecified atom stereocenters. The summed E-state index contributed by atoms with van der Waals surface area (Å²) in [6.45, 7) is 2.01. The molecule has 126 valence electrons. The Labute approximate surface area is 137 Å². The van der Waals surface area contributed by atoms with Crippen LogP contribution in [0, 0.1) is 0 Å². The molecule has 2 atom stereocenters. The third-order valence-corrected chi connectivity index (χ3v) is 6.47. The molecule has 0 fully saturated rings. The van der Waals surface area contributed by atoms with Gasteiger partial charge in [-0.15, -0.1) is 0 Å². The third kappa shape index (κ3) is 3.74. The molecule has 0 amide bonds. The molecule has 0 bridgehead atoms. The molecule has 0 saturated heterocycles. The van der Waals surface area contributed by atoms with Crippen LogP contribution in [0.25, 0.3) is 0 Å². The second-order valence-corrected chi connectivity index (χ2v) is 7.69. The van der Waals surface area contributed by atoms with E-state index < -0.39 is 19.2 Å². The highest BCUT2D eigenvalue weighted by Crippen LogP contribution is 2.61. The summed E-state index contributed by atoms with van der Waals surface area (Å²) < 4.78 is 28.7. The molecule has 0 aliphatic heterocycles. The van der Waals surface area contributed by atoms with Crippen LogP contribution in [0.3, 0.4) is 0 Å². The monoisotopic (exact) mass is 338 g/mol. The van der Waals surface area contributed by atoms with E-state index in [1.165, 1.54) is 14.2 Å². The first-order chi connectivity index (χ1) is 11.1. The molecule has 6 heteroatoms. The Bertz CT molecular complexity index is 603. The lowest BCUT2D eigenvalue weighted by molar-refractivity contribution is -0.138. The normalized spacial score (nSPS) is 21.6. The highest BCUT2D eigenvalue weighted by Gasteiger charge is 2.46. The Hall–Kier alpha value is -1.42. The van der Waals surface area contributed by atoms with Crippen molar-refractivity contribution < 1.29 is 23.1 Å². The molecular weight excluding hydrogens is 315 g/mol. The second-order valence-electron chi connectivity index (χ2n) is 5.32. The lowest BCUT2D eigenvalue weighted by Gasteiger charge is -2.35. The van der Waals surface area contributed by atoms with Gasteiger partial charge < -0.3 is 13.8 Å². The van der Waals surface area contributed by atoms with E-state index in [1.54, 1.807) is 13.0 Å². The van der Waals surface area contributed by atoms with Gasteiger partial charge in [0.05, 0.1) is 12.3 Å². The van der Waals surface area contributed by atoms with Gasteiger partial charge in [-0.2, -0.15) is 0 Å². The zero-order chi connectivity index (χ0) is 16.9. The van der Waals surface area contributed by atoms with E-state index in [2.05, 4.69) is 0 Å². The number of allylic oxidation sites excluding steroid dienone is 1. The van der Waals surface area contributed by atoms with E-state index in [4.69, 9.17) is 13.8 Å². The minimum Gasteiger partial charge on any atom is -0.463 e. The van der Waals surface area contributed by atoms with Gasteiger partial charge in [0.1, 0.15) is 0 Å². The minimum atomic E-state index is -3.48. The Balaban J connectivity index is 2.49. The number of hydrogen-bond donors (Lipinski definition) is 0. The molecule has 0 heterocycles. The summed E-state index contributed by atoms with van der Waals surface area (Å²) in [5, 5.41) is 0. The van der Waals surface area contributed by atoms with Gasteiger partial charge in [0.25, 0.3) is 0 Å². The zero-order valence-corrected chi connectivity index (χ0v) is 14.6. The van der Waals surface area contributed by atoms with Crippen molar-refractivity contribution in [3.8, 4) is 0 Å². The number of hydrogen-bond acceptors (Lipinski definition) is 5. The summed E-state index contributed by atoms with van der Waals surface area (Å²) in [5.41, 5.74) is 0.744. The molecule has 1 aliphatic carbocycles. The molecule has 2 rings (SSSR count). The Morgan fingerprint density at radius 3 is 2.43 bits per heavy atom. The fourth-order valence-electron chi connectivity index (χ4n) is 3.07. The summed E-state index contributed by atoms with van der Waals surface area (Å²) in [6, 6.07) is 9.73. The smallest absolute Gasteiger partial charge is 0.338 e. The average Bonchev–Trinajstić information content (AvgIpc) is 2.61. The second kappa shape index (κ2) is 7.91. The Morgan fingerprint density at radius 1 is 1.22 bits per heavy atom. The maximum atomic E-state index is 13.1. The fourth-order valence-corrected chi connectivity index (χ4v) is 4.99. The van der Waals surface area contributed by atoms with E-state index in [9.17, 15) is 9.36 Å². The third-order valence-electron chi connectivity index (χ3n) is 4.13. The molecule has 1 aliphatic rings. The van der Waals surface area contributed by atoms with Crippen LogP contribution in [0.1, 0.15) is 31.2 Å². The van der Waals surface area contributed by atoms with E-state index in [0.717, 1.165) is 18.4 Å². The Morgan fingerprint density at radius 2 is 1.87 bits per heavy atom. The highest BCUT2D eigenvalue weighted by molar-refractivity contribution is 7.55. The van der Waals surface area contributed by atoms with Crippen molar-refractivity contribution in [2.24, 2.45) is 0 Å². The first-order valence-corrected chi connectivity index (χ1v) is 9.31. The van der Waals surface area contributed by atoms with Gasteiger partial charge in [-0.3, -0.25) is 4.57 Å². The standard InChI is InChI=1S/C17H23O5P/c1-4-22-17(18)15-12-8-11-14(13-9-6-5-7-10-13)16(15)23(19,20-2)21-3/h5-7,9-10,12,14,16H,4,8,11H2,1-3H3/t14-,16+/m0/s1. The first-order valence-electron chi connectivity index (χ1n) is 7.70. The predicted molar refractivity (Wildman–Crippen MR) is 88.5 cm³/mol. The average molecular weight is 338 g/mol. The van der Waals surface area contributed by atoms with Crippen LogP contribution in [-0.2, 0) is 23.1 Å². The maximum absolute atomic E-state index is 13.1. The highest BCUT2D eigenvalue weighted by atomic mass is 31.2. The zero-order valence-electron chi connectivity index (χ0n) is 13.7. The topological polar surface area (TPSA) is 61.8 Å². The van der Waals surface area contributed by atoms with Gasteiger partial charge in [-0.05, 0) is 25.3 Å². The summed E-state index contributed by atoms with van der Waals surface area (Å²) in [5.74, 6) is -0.571. The van der Waals surface area contributed by atoms with Gasteiger partial charge >= 0.3 is 13.6 Å². The molecule has 0 N–H and O–H groups in total. The lowest BCUT2D eigenvalue weighted by Crippen LogP contribution is -2.30. The van der Waals surface area contributed by atoms with Crippen LogP contribution in [0.4, 0.5) is 0 Å². The molecule has 0 aromatic heterocycles. The van der Waals surface area contributed by atoms with Crippen LogP contribution in [0.5, 0.6) is 0 Å². The molecular formula is C17H23O5P. The number of ether oxygens (including phenoxy) is 1. The van der Waals surface area contributed by atoms with Crippen molar-refractivity contribution in [1.29, 1.82) is 0 Å².